The van der Waals surface area contributed by atoms with Gasteiger partial charge < -0.3 is 20.3 Å². The van der Waals surface area contributed by atoms with Gasteiger partial charge in [-0.25, -0.2) is 9.98 Å². The SMILES string of the molecule is CCNC(=NCc1ccc(OCC2CC2)nc1)NCCN1CCCCC1.I. The monoisotopic (exact) mass is 487 g/mol. The van der Waals surface area contributed by atoms with Gasteiger partial charge in [-0.2, -0.15) is 0 Å². The first-order chi connectivity index (χ1) is 12.8. The summed E-state index contributed by atoms with van der Waals surface area (Å²) in [5.74, 6) is 2.34. The van der Waals surface area contributed by atoms with Gasteiger partial charge in [0.05, 0.1) is 13.2 Å². The third-order valence-electron chi connectivity index (χ3n) is 4.89. The van der Waals surface area contributed by atoms with E-state index in [1.54, 1.807) is 0 Å². The van der Waals surface area contributed by atoms with E-state index in [1.165, 1.54) is 45.2 Å². The quantitative estimate of drug-likeness (QED) is 0.319. The summed E-state index contributed by atoms with van der Waals surface area (Å²) in [6.07, 6.45) is 8.51. The average molecular weight is 487 g/mol. The summed E-state index contributed by atoms with van der Waals surface area (Å²) in [4.78, 5) is 11.6. The Kier molecular flexibility index (Phi) is 10.2. The van der Waals surface area contributed by atoms with Crippen molar-refractivity contribution in [2.24, 2.45) is 10.9 Å². The summed E-state index contributed by atoms with van der Waals surface area (Å²) < 4.78 is 5.68. The Balaban J connectivity index is 0.00000261. The predicted molar refractivity (Wildman–Crippen MR) is 121 cm³/mol. The average Bonchev–Trinajstić information content (AvgIpc) is 3.51. The molecule has 27 heavy (non-hydrogen) atoms. The molecule has 2 fully saturated rings. The fourth-order valence-electron chi connectivity index (χ4n) is 3.11. The maximum Gasteiger partial charge on any atom is 0.213 e. The van der Waals surface area contributed by atoms with Crippen LogP contribution in [-0.2, 0) is 6.54 Å². The lowest BCUT2D eigenvalue weighted by Gasteiger charge is -2.26. The lowest BCUT2D eigenvalue weighted by Crippen LogP contribution is -2.42. The molecular formula is C20H34IN5O. The molecule has 1 saturated heterocycles. The van der Waals surface area contributed by atoms with Crippen molar-refractivity contribution < 1.29 is 4.74 Å². The first-order valence-electron chi connectivity index (χ1n) is 10.2. The summed E-state index contributed by atoms with van der Waals surface area (Å²) in [6.45, 7) is 8.85. The molecular weight excluding hydrogens is 453 g/mol. The normalized spacial score (nSPS) is 17.9. The molecule has 0 bridgehead atoms. The van der Waals surface area contributed by atoms with Crippen LogP contribution in [0.4, 0.5) is 0 Å². The van der Waals surface area contributed by atoms with Crippen LogP contribution in [0.1, 0.15) is 44.6 Å². The first kappa shape index (κ1) is 22.2. The van der Waals surface area contributed by atoms with Crippen LogP contribution in [0.2, 0.25) is 0 Å². The number of piperidine rings is 1. The van der Waals surface area contributed by atoms with Crippen LogP contribution >= 0.6 is 24.0 Å². The molecule has 2 N–H and O–H groups in total. The molecule has 0 radical (unpaired) electrons. The van der Waals surface area contributed by atoms with Crippen LogP contribution in [0.15, 0.2) is 23.3 Å². The molecule has 1 saturated carbocycles. The summed E-state index contributed by atoms with van der Waals surface area (Å²) in [7, 11) is 0. The van der Waals surface area contributed by atoms with Gasteiger partial charge in [0.2, 0.25) is 5.88 Å². The zero-order valence-corrected chi connectivity index (χ0v) is 18.8. The predicted octanol–water partition coefficient (Wildman–Crippen LogP) is 3.03. The fraction of sp³-hybridized carbons (Fsp3) is 0.700. The highest BCUT2D eigenvalue weighted by Crippen LogP contribution is 2.29. The second kappa shape index (κ2) is 12.4. The van der Waals surface area contributed by atoms with Crippen molar-refractivity contribution in [3.63, 3.8) is 0 Å². The van der Waals surface area contributed by atoms with E-state index >= 15 is 0 Å². The van der Waals surface area contributed by atoms with E-state index in [1.807, 2.05) is 12.3 Å². The largest absolute Gasteiger partial charge is 0.477 e. The standard InChI is InChI=1S/C20H33N5O.HI/c1-2-21-20(22-10-13-25-11-4-3-5-12-25)24-15-18-8-9-19(23-14-18)26-16-17-6-7-17;/h8-9,14,17H,2-7,10-13,15-16H2,1H3,(H2,21,22,24);1H. The first-order valence-corrected chi connectivity index (χ1v) is 10.2. The molecule has 2 heterocycles. The molecule has 1 aliphatic carbocycles. The van der Waals surface area contributed by atoms with E-state index in [-0.39, 0.29) is 24.0 Å². The van der Waals surface area contributed by atoms with Crippen LogP contribution in [-0.4, -0.2) is 55.2 Å². The molecule has 1 aromatic rings. The summed E-state index contributed by atoms with van der Waals surface area (Å²) in [6, 6.07) is 4.00. The number of hydrogen-bond acceptors (Lipinski definition) is 4. The molecule has 0 atom stereocenters. The van der Waals surface area contributed by atoms with Gasteiger partial charge in [0, 0.05) is 31.9 Å². The molecule has 6 nitrogen and oxygen atoms in total. The van der Waals surface area contributed by atoms with E-state index in [9.17, 15) is 0 Å². The number of pyridine rings is 1. The van der Waals surface area contributed by atoms with Gasteiger partial charge in [0.15, 0.2) is 5.96 Å². The zero-order chi connectivity index (χ0) is 18.0. The number of aliphatic imine (C=N–C) groups is 1. The topological polar surface area (TPSA) is 61.8 Å². The molecule has 1 aromatic heterocycles. The molecule has 0 spiro atoms. The maximum atomic E-state index is 5.68. The van der Waals surface area contributed by atoms with Crippen LogP contribution in [0, 0.1) is 5.92 Å². The number of aromatic nitrogens is 1. The van der Waals surface area contributed by atoms with Crippen LogP contribution in [0.3, 0.4) is 0 Å². The van der Waals surface area contributed by atoms with Crippen LogP contribution < -0.4 is 15.4 Å². The Morgan fingerprint density at radius 2 is 2.04 bits per heavy atom. The van der Waals surface area contributed by atoms with Crippen LogP contribution in [0.25, 0.3) is 0 Å². The van der Waals surface area contributed by atoms with Gasteiger partial charge in [0.1, 0.15) is 0 Å². The highest BCUT2D eigenvalue weighted by molar-refractivity contribution is 14.0. The number of guanidine groups is 1. The Bertz CT molecular complexity index is 556. The Hall–Kier alpha value is -1.09. The van der Waals surface area contributed by atoms with Crippen molar-refractivity contribution in [3.8, 4) is 5.88 Å². The molecule has 0 aromatic carbocycles. The highest BCUT2D eigenvalue weighted by Gasteiger charge is 2.22. The minimum absolute atomic E-state index is 0. The van der Waals surface area contributed by atoms with Crippen molar-refractivity contribution in [1.82, 2.24) is 20.5 Å². The van der Waals surface area contributed by atoms with E-state index < -0.39 is 0 Å². The molecule has 7 heteroatoms. The lowest BCUT2D eigenvalue weighted by molar-refractivity contribution is 0.232. The minimum atomic E-state index is 0. The van der Waals surface area contributed by atoms with E-state index in [0.717, 1.165) is 49.6 Å². The molecule has 2 aliphatic rings. The van der Waals surface area contributed by atoms with Gasteiger partial charge in [-0.05, 0) is 57.2 Å². The van der Waals surface area contributed by atoms with E-state index in [0.29, 0.717) is 6.54 Å². The van der Waals surface area contributed by atoms with Crippen molar-refractivity contribution >= 4 is 29.9 Å². The summed E-state index contributed by atoms with van der Waals surface area (Å²) in [5, 5.41) is 6.76. The van der Waals surface area contributed by atoms with Gasteiger partial charge >= 0.3 is 0 Å². The van der Waals surface area contributed by atoms with Gasteiger partial charge in [-0.3, -0.25) is 0 Å². The van der Waals surface area contributed by atoms with E-state index in [2.05, 4.69) is 38.5 Å². The van der Waals surface area contributed by atoms with Gasteiger partial charge in [-0.1, -0.05) is 12.5 Å². The Labute approximate surface area is 180 Å². The van der Waals surface area contributed by atoms with Crippen molar-refractivity contribution in [1.29, 1.82) is 0 Å². The van der Waals surface area contributed by atoms with Crippen LogP contribution in [0.5, 0.6) is 5.88 Å². The minimum Gasteiger partial charge on any atom is -0.477 e. The number of halogens is 1. The Morgan fingerprint density at radius 3 is 2.70 bits per heavy atom. The molecule has 3 rings (SSSR count). The summed E-state index contributed by atoms with van der Waals surface area (Å²) in [5.41, 5.74) is 1.09. The van der Waals surface area contributed by atoms with E-state index in [4.69, 9.17) is 4.74 Å². The van der Waals surface area contributed by atoms with Crippen molar-refractivity contribution in [2.75, 3.05) is 39.3 Å². The number of ether oxygens (including phenoxy) is 1. The molecule has 152 valence electrons. The molecule has 1 aliphatic heterocycles. The summed E-state index contributed by atoms with van der Waals surface area (Å²) >= 11 is 0. The van der Waals surface area contributed by atoms with Crippen molar-refractivity contribution in [2.45, 2.75) is 45.6 Å². The highest BCUT2D eigenvalue weighted by atomic mass is 127. The third-order valence-corrected chi connectivity index (χ3v) is 4.89. The maximum absolute atomic E-state index is 5.68. The van der Waals surface area contributed by atoms with Crippen molar-refractivity contribution in [3.05, 3.63) is 23.9 Å². The fourth-order valence-corrected chi connectivity index (χ4v) is 3.11. The second-order valence-electron chi connectivity index (χ2n) is 7.28. The Morgan fingerprint density at radius 1 is 1.22 bits per heavy atom. The van der Waals surface area contributed by atoms with Gasteiger partial charge in [-0.15, -0.1) is 24.0 Å². The zero-order valence-electron chi connectivity index (χ0n) is 16.5. The smallest absolute Gasteiger partial charge is 0.213 e. The molecule has 0 unspecified atom stereocenters. The molecule has 0 amide bonds. The lowest BCUT2D eigenvalue weighted by atomic mass is 10.1. The second-order valence-corrected chi connectivity index (χ2v) is 7.28. The van der Waals surface area contributed by atoms with Gasteiger partial charge in [0.25, 0.3) is 0 Å². The third kappa shape index (κ3) is 8.64. The number of hydrogen-bond donors (Lipinski definition) is 2. The number of likely N-dealkylation sites (tertiary alicyclic amines) is 1. The number of rotatable bonds is 9. The number of nitrogens with zero attached hydrogens (tertiary/aromatic N) is 3. The number of nitrogens with one attached hydrogen (secondary N) is 2.